The van der Waals surface area contributed by atoms with Crippen LogP contribution in [0.1, 0.15) is 32.8 Å². The molecule has 0 saturated heterocycles. The van der Waals surface area contributed by atoms with Crippen molar-refractivity contribution in [1.29, 1.82) is 0 Å². The van der Waals surface area contributed by atoms with Gasteiger partial charge in [0, 0.05) is 0 Å². The number of hydrogen-bond acceptors (Lipinski definition) is 1. The Balaban J connectivity index is 2.34. The lowest BCUT2D eigenvalue weighted by Gasteiger charge is -2.27. The lowest BCUT2D eigenvalue weighted by molar-refractivity contribution is 0.0848. The maximum atomic E-state index is 10.1. The normalized spacial score (nSPS) is 34.0. The monoisotopic (exact) mass is 230 g/mol. The molecule has 0 spiro atoms. The van der Waals surface area contributed by atoms with Gasteiger partial charge in [-0.2, -0.15) is 0 Å². The Bertz CT molecular complexity index is 393. The van der Waals surface area contributed by atoms with E-state index in [1.807, 2.05) is 6.07 Å². The third-order valence-corrected chi connectivity index (χ3v) is 4.40. The van der Waals surface area contributed by atoms with Crippen LogP contribution in [0.2, 0.25) is 0 Å². The van der Waals surface area contributed by atoms with Gasteiger partial charge >= 0.3 is 0 Å². The summed E-state index contributed by atoms with van der Waals surface area (Å²) in [5.41, 5.74) is 2.69. The lowest BCUT2D eigenvalue weighted by atomic mass is 9.79. The molecule has 1 aromatic carbocycles. The van der Waals surface area contributed by atoms with Crippen LogP contribution >= 0.6 is 0 Å². The topological polar surface area (TPSA) is 20.2 Å². The zero-order valence-corrected chi connectivity index (χ0v) is 10.9. The van der Waals surface area contributed by atoms with E-state index in [0.717, 1.165) is 6.42 Å². The van der Waals surface area contributed by atoms with E-state index in [1.165, 1.54) is 11.1 Å². The molecule has 17 heavy (non-hydrogen) atoms. The molecule has 0 amide bonds. The minimum atomic E-state index is -0.200. The molecule has 0 aromatic heterocycles. The number of hydrogen-bond donors (Lipinski definition) is 1. The molecule has 4 atom stereocenters. The fourth-order valence-corrected chi connectivity index (χ4v) is 2.75. The molecule has 0 bridgehead atoms. The highest BCUT2D eigenvalue weighted by atomic mass is 16.3. The minimum Gasteiger partial charge on any atom is -0.393 e. The first kappa shape index (κ1) is 12.4. The van der Waals surface area contributed by atoms with E-state index in [0.29, 0.717) is 17.8 Å². The first-order valence-corrected chi connectivity index (χ1v) is 6.54. The van der Waals surface area contributed by atoms with Crippen molar-refractivity contribution in [2.75, 3.05) is 0 Å². The Kier molecular flexibility index (Phi) is 3.68. The number of benzene rings is 1. The van der Waals surface area contributed by atoms with E-state index in [2.05, 4.69) is 51.1 Å². The Morgan fingerprint density at radius 1 is 1.00 bits per heavy atom. The third-order valence-electron chi connectivity index (χ3n) is 4.40. The molecule has 0 saturated carbocycles. The van der Waals surface area contributed by atoms with Crippen LogP contribution in [0.5, 0.6) is 0 Å². The maximum absolute atomic E-state index is 10.1. The van der Waals surface area contributed by atoms with Gasteiger partial charge in [-0.05, 0) is 35.3 Å². The minimum absolute atomic E-state index is 0.200. The summed E-state index contributed by atoms with van der Waals surface area (Å²) in [6.45, 7) is 6.69. The molecule has 1 nitrogen and oxygen atoms in total. The second-order valence-electron chi connectivity index (χ2n) is 5.34. The highest BCUT2D eigenvalue weighted by molar-refractivity contribution is 5.67. The first-order valence-electron chi connectivity index (χ1n) is 6.54. The van der Waals surface area contributed by atoms with Gasteiger partial charge in [-0.25, -0.2) is 0 Å². The predicted octanol–water partition coefficient (Wildman–Crippen LogP) is 3.74. The van der Waals surface area contributed by atoms with Crippen molar-refractivity contribution in [3.8, 4) is 0 Å². The van der Waals surface area contributed by atoms with E-state index in [4.69, 9.17) is 0 Å². The second kappa shape index (κ2) is 5.05. The summed E-state index contributed by atoms with van der Waals surface area (Å²) in [4.78, 5) is 0. The van der Waals surface area contributed by atoms with Crippen LogP contribution in [-0.4, -0.2) is 11.2 Å². The molecule has 1 N–H and O–H groups in total. The van der Waals surface area contributed by atoms with Gasteiger partial charge in [0.05, 0.1) is 6.10 Å². The fraction of sp³-hybridized carbons (Fsp3) is 0.500. The van der Waals surface area contributed by atoms with Gasteiger partial charge in [0.15, 0.2) is 0 Å². The van der Waals surface area contributed by atoms with Gasteiger partial charge < -0.3 is 5.11 Å². The quantitative estimate of drug-likeness (QED) is 0.779. The van der Waals surface area contributed by atoms with Gasteiger partial charge in [-0.15, -0.1) is 0 Å². The van der Waals surface area contributed by atoms with E-state index < -0.39 is 0 Å². The predicted molar refractivity (Wildman–Crippen MR) is 72.5 cm³/mol. The molecule has 0 heterocycles. The summed E-state index contributed by atoms with van der Waals surface area (Å²) in [5.74, 6) is 1.38. The smallest absolute Gasteiger partial charge is 0.0603 e. The molecule has 2 rings (SSSR count). The summed E-state index contributed by atoms with van der Waals surface area (Å²) in [6.07, 6.45) is 2.80. The van der Waals surface area contributed by atoms with Gasteiger partial charge in [-0.3, -0.25) is 0 Å². The van der Waals surface area contributed by atoms with E-state index in [1.54, 1.807) is 0 Å². The number of rotatable bonds is 1. The molecular formula is C16H22O. The number of aliphatic hydroxyl groups excluding tert-OH is 1. The van der Waals surface area contributed by atoms with Gasteiger partial charge in [0.2, 0.25) is 0 Å². The van der Waals surface area contributed by atoms with Gasteiger partial charge in [0.25, 0.3) is 0 Å². The molecule has 1 aliphatic carbocycles. The van der Waals surface area contributed by atoms with Crippen molar-refractivity contribution in [2.45, 2.75) is 33.3 Å². The van der Waals surface area contributed by atoms with Gasteiger partial charge in [0.1, 0.15) is 0 Å². The van der Waals surface area contributed by atoms with E-state index in [9.17, 15) is 5.11 Å². The van der Waals surface area contributed by atoms with Crippen molar-refractivity contribution >= 4 is 5.57 Å². The van der Waals surface area contributed by atoms with Crippen LogP contribution in [-0.2, 0) is 0 Å². The Morgan fingerprint density at radius 2 is 1.65 bits per heavy atom. The van der Waals surface area contributed by atoms with Crippen molar-refractivity contribution in [3.63, 3.8) is 0 Å². The Morgan fingerprint density at radius 3 is 2.29 bits per heavy atom. The number of allylic oxidation sites excluding steroid dienone is 1. The largest absolute Gasteiger partial charge is 0.393 e. The summed E-state index contributed by atoms with van der Waals surface area (Å²) in [7, 11) is 0. The average molecular weight is 230 g/mol. The Hall–Kier alpha value is -1.08. The summed E-state index contributed by atoms with van der Waals surface area (Å²) in [5, 5.41) is 10.1. The van der Waals surface area contributed by atoms with Crippen LogP contribution in [0.15, 0.2) is 36.4 Å². The van der Waals surface area contributed by atoms with Crippen molar-refractivity contribution < 1.29 is 5.11 Å². The second-order valence-corrected chi connectivity index (χ2v) is 5.34. The van der Waals surface area contributed by atoms with Crippen LogP contribution in [0, 0.1) is 17.8 Å². The molecule has 1 aliphatic rings. The molecule has 1 aromatic rings. The SMILES string of the molecule is C[C@@H]1[C@H](C)[C@H](C)C(c2ccccc2)=CC[C@H]1O. The van der Waals surface area contributed by atoms with Crippen LogP contribution in [0.4, 0.5) is 0 Å². The molecule has 92 valence electrons. The molecular weight excluding hydrogens is 208 g/mol. The summed E-state index contributed by atoms with van der Waals surface area (Å²) in [6, 6.07) is 10.5. The van der Waals surface area contributed by atoms with Crippen LogP contribution in [0.3, 0.4) is 0 Å². The summed E-state index contributed by atoms with van der Waals surface area (Å²) >= 11 is 0. The van der Waals surface area contributed by atoms with Crippen molar-refractivity contribution in [3.05, 3.63) is 42.0 Å². The fourth-order valence-electron chi connectivity index (χ4n) is 2.75. The maximum Gasteiger partial charge on any atom is 0.0603 e. The van der Waals surface area contributed by atoms with Crippen molar-refractivity contribution in [2.24, 2.45) is 17.8 Å². The number of aliphatic hydroxyl groups is 1. The third kappa shape index (κ3) is 2.44. The van der Waals surface area contributed by atoms with Crippen LogP contribution in [0.25, 0.3) is 5.57 Å². The molecule has 0 aliphatic heterocycles. The highest BCUT2D eigenvalue weighted by Crippen LogP contribution is 2.37. The molecule has 1 heteroatoms. The van der Waals surface area contributed by atoms with E-state index >= 15 is 0 Å². The standard InChI is InChI=1S/C16H22O/c1-11-12(2)15(9-10-16(17)13(11)3)14-7-5-4-6-8-14/h4-9,11-13,16-17H,10H2,1-3H3/t11-,12+,13-,16-/m1/s1. The molecule has 0 fully saturated rings. The highest BCUT2D eigenvalue weighted by Gasteiger charge is 2.29. The van der Waals surface area contributed by atoms with Crippen LogP contribution < -0.4 is 0 Å². The van der Waals surface area contributed by atoms with E-state index in [-0.39, 0.29) is 6.10 Å². The zero-order valence-electron chi connectivity index (χ0n) is 10.9. The van der Waals surface area contributed by atoms with Gasteiger partial charge in [-0.1, -0.05) is 57.2 Å². The Labute approximate surface area is 104 Å². The zero-order chi connectivity index (χ0) is 12.4. The molecule has 0 unspecified atom stereocenters. The average Bonchev–Trinajstić information content (AvgIpc) is 2.45. The first-order chi connectivity index (χ1) is 8.11. The van der Waals surface area contributed by atoms with Crippen molar-refractivity contribution in [1.82, 2.24) is 0 Å². The summed E-state index contributed by atoms with van der Waals surface area (Å²) < 4.78 is 0. The molecule has 0 radical (unpaired) electrons. The lowest BCUT2D eigenvalue weighted by Crippen LogP contribution is -2.25.